The van der Waals surface area contributed by atoms with Gasteiger partial charge in [0.05, 0.1) is 4.34 Å². The molecular weight excluding hydrogens is 408 g/mol. The molecule has 1 fully saturated rings. The van der Waals surface area contributed by atoms with Crippen molar-refractivity contribution in [3.8, 4) is 0 Å². The quantitative estimate of drug-likeness (QED) is 0.625. The highest BCUT2D eigenvalue weighted by molar-refractivity contribution is 7.91. The number of piperidine rings is 1. The summed E-state index contributed by atoms with van der Waals surface area (Å²) in [6, 6.07) is 7.11. The number of hydrogen-bond acceptors (Lipinski definition) is 6. The molecular formula is C17H19ClN4O3S2. The zero-order valence-corrected chi connectivity index (χ0v) is 17.1. The molecule has 1 aliphatic heterocycles. The van der Waals surface area contributed by atoms with E-state index in [0.717, 1.165) is 28.3 Å². The van der Waals surface area contributed by atoms with Crippen LogP contribution in [0, 0.1) is 0 Å². The number of rotatable bonds is 5. The second-order valence-corrected chi connectivity index (χ2v) is 10.3. The molecule has 0 aromatic carbocycles. The summed E-state index contributed by atoms with van der Waals surface area (Å²) in [5.74, 6) is 0.817. The minimum atomic E-state index is -3.49. The van der Waals surface area contributed by atoms with Gasteiger partial charge in [0.25, 0.3) is 10.0 Å². The Kier molecular flexibility index (Phi) is 5.21. The Labute approximate surface area is 166 Å². The van der Waals surface area contributed by atoms with E-state index in [4.69, 9.17) is 16.3 Å². The predicted molar refractivity (Wildman–Crippen MR) is 105 cm³/mol. The average molecular weight is 427 g/mol. The minimum Gasteiger partial charge on any atom is -0.377 e. The number of ether oxygens (including phenoxy) is 1. The van der Waals surface area contributed by atoms with Gasteiger partial charge < -0.3 is 9.30 Å². The van der Waals surface area contributed by atoms with Crippen LogP contribution in [0.2, 0.25) is 4.34 Å². The molecule has 144 valence electrons. The van der Waals surface area contributed by atoms with Gasteiger partial charge in [-0.1, -0.05) is 11.6 Å². The van der Waals surface area contributed by atoms with E-state index in [2.05, 4.69) is 14.5 Å². The van der Waals surface area contributed by atoms with E-state index in [1.807, 2.05) is 12.1 Å². The molecule has 3 aromatic heterocycles. The SMILES string of the molecule is COCc1nc2cccnc2n1C1CCN(S(=O)(=O)c2ccc(Cl)s2)CC1. The van der Waals surface area contributed by atoms with Crippen molar-refractivity contribution in [3.63, 3.8) is 0 Å². The summed E-state index contributed by atoms with van der Waals surface area (Å²) in [5.41, 5.74) is 1.64. The highest BCUT2D eigenvalue weighted by atomic mass is 35.5. The van der Waals surface area contributed by atoms with Gasteiger partial charge in [0, 0.05) is 32.4 Å². The van der Waals surface area contributed by atoms with Crippen molar-refractivity contribution in [2.24, 2.45) is 0 Å². The molecule has 0 unspecified atom stereocenters. The summed E-state index contributed by atoms with van der Waals surface area (Å²) in [5, 5.41) is 0. The molecule has 0 aliphatic carbocycles. The molecule has 4 rings (SSSR count). The van der Waals surface area contributed by atoms with Crippen LogP contribution < -0.4 is 0 Å². The molecule has 1 aliphatic rings. The fraction of sp³-hybridized carbons (Fsp3) is 0.412. The summed E-state index contributed by atoms with van der Waals surface area (Å²) in [6.45, 7) is 1.28. The van der Waals surface area contributed by atoms with Gasteiger partial charge in [-0.15, -0.1) is 11.3 Å². The Morgan fingerprint density at radius 1 is 1.30 bits per heavy atom. The first-order chi connectivity index (χ1) is 13.0. The maximum Gasteiger partial charge on any atom is 0.252 e. The second kappa shape index (κ2) is 7.48. The normalized spacial score (nSPS) is 17.0. The van der Waals surface area contributed by atoms with Crippen LogP contribution in [0.4, 0.5) is 0 Å². The van der Waals surface area contributed by atoms with E-state index in [0.29, 0.717) is 41.1 Å². The third kappa shape index (κ3) is 3.50. The van der Waals surface area contributed by atoms with E-state index in [1.54, 1.807) is 25.4 Å². The maximum absolute atomic E-state index is 12.8. The highest BCUT2D eigenvalue weighted by Crippen LogP contribution is 2.33. The Morgan fingerprint density at radius 2 is 2.07 bits per heavy atom. The molecule has 0 spiro atoms. The summed E-state index contributed by atoms with van der Waals surface area (Å²) in [4.78, 5) is 9.10. The monoisotopic (exact) mass is 426 g/mol. The van der Waals surface area contributed by atoms with Crippen LogP contribution in [0.1, 0.15) is 24.7 Å². The largest absolute Gasteiger partial charge is 0.377 e. The van der Waals surface area contributed by atoms with Crippen LogP contribution in [-0.2, 0) is 21.4 Å². The molecule has 4 heterocycles. The zero-order valence-electron chi connectivity index (χ0n) is 14.7. The zero-order chi connectivity index (χ0) is 19.0. The summed E-state index contributed by atoms with van der Waals surface area (Å²) in [7, 11) is -1.86. The molecule has 27 heavy (non-hydrogen) atoms. The Hall–Kier alpha value is -1.52. The first-order valence-corrected chi connectivity index (χ1v) is 11.2. The molecule has 0 atom stereocenters. The molecule has 0 N–H and O–H groups in total. The van der Waals surface area contributed by atoms with Gasteiger partial charge in [-0.05, 0) is 37.1 Å². The number of halogens is 1. The summed E-state index contributed by atoms with van der Waals surface area (Å²) in [6.07, 6.45) is 3.13. The number of thiophene rings is 1. The van der Waals surface area contributed by atoms with Gasteiger partial charge in [0.1, 0.15) is 22.2 Å². The van der Waals surface area contributed by atoms with Gasteiger partial charge in [-0.2, -0.15) is 4.31 Å². The number of hydrogen-bond donors (Lipinski definition) is 0. The maximum atomic E-state index is 12.8. The van der Waals surface area contributed by atoms with Crippen LogP contribution in [0.25, 0.3) is 11.2 Å². The van der Waals surface area contributed by atoms with E-state index >= 15 is 0 Å². The smallest absolute Gasteiger partial charge is 0.252 e. The van der Waals surface area contributed by atoms with Gasteiger partial charge in [0.15, 0.2) is 5.65 Å². The first kappa shape index (κ1) is 18.8. The topological polar surface area (TPSA) is 77.3 Å². The Bertz CT molecular complexity index is 1060. The van der Waals surface area contributed by atoms with Crippen LogP contribution in [0.15, 0.2) is 34.7 Å². The number of aromatic nitrogens is 3. The molecule has 1 saturated heterocycles. The van der Waals surface area contributed by atoms with Crippen molar-refractivity contribution < 1.29 is 13.2 Å². The van der Waals surface area contributed by atoms with Crippen molar-refractivity contribution >= 4 is 44.1 Å². The molecule has 0 saturated carbocycles. The average Bonchev–Trinajstić information content (AvgIpc) is 3.26. The Balaban J connectivity index is 1.58. The number of fused-ring (bicyclic) bond motifs is 1. The lowest BCUT2D eigenvalue weighted by molar-refractivity contribution is 0.168. The standard InChI is InChI=1S/C17H19ClN4O3S2/c1-25-11-15-20-13-3-2-8-19-17(13)22(15)12-6-9-21(10-7-12)27(23,24)16-5-4-14(18)26-16/h2-5,8,12H,6-7,9-11H2,1H3. The fourth-order valence-corrected chi connectivity index (χ4v) is 6.60. The van der Waals surface area contributed by atoms with E-state index in [1.165, 1.54) is 4.31 Å². The first-order valence-electron chi connectivity index (χ1n) is 8.57. The van der Waals surface area contributed by atoms with Crippen LogP contribution in [0.3, 0.4) is 0 Å². The van der Waals surface area contributed by atoms with Gasteiger partial charge in [-0.25, -0.2) is 18.4 Å². The number of sulfonamides is 1. The highest BCUT2D eigenvalue weighted by Gasteiger charge is 2.32. The Morgan fingerprint density at radius 3 is 2.74 bits per heavy atom. The molecule has 10 heteroatoms. The van der Waals surface area contributed by atoms with Crippen LogP contribution in [-0.4, -0.2) is 47.5 Å². The summed E-state index contributed by atoms with van der Waals surface area (Å²) < 4.78 is 35.3. The number of methoxy groups -OCH3 is 1. The minimum absolute atomic E-state index is 0.133. The van der Waals surface area contributed by atoms with Crippen molar-refractivity contribution in [3.05, 3.63) is 40.6 Å². The molecule has 0 bridgehead atoms. The van der Waals surface area contributed by atoms with Gasteiger partial charge >= 0.3 is 0 Å². The number of pyridine rings is 1. The van der Waals surface area contributed by atoms with Gasteiger partial charge in [0.2, 0.25) is 0 Å². The van der Waals surface area contributed by atoms with Crippen molar-refractivity contribution in [2.45, 2.75) is 29.7 Å². The predicted octanol–water partition coefficient (Wildman–Crippen LogP) is 3.32. The third-order valence-corrected chi connectivity index (χ3v) is 8.32. The molecule has 0 amide bonds. The van der Waals surface area contributed by atoms with E-state index in [-0.39, 0.29) is 6.04 Å². The molecule has 0 radical (unpaired) electrons. The van der Waals surface area contributed by atoms with Crippen LogP contribution in [0.5, 0.6) is 0 Å². The fourth-order valence-electron chi connectivity index (χ4n) is 3.50. The van der Waals surface area contributed by atoms with Gasteiger partial charge in [-0.3, -0.25) is 0 Å². The van der Waals surface area contributed by atoms with Crippen LogP contribution >= 0.6 is 22.9 Å². The second-order valence-electron chi connectivity index (χ2n) is 6.37. The van der Waals surface area contributed by atoms with E-state index in [9.17, 15) is 8.42 Å². The molecule has 7 nitrogen and oxygen atoms in total. The lowest BCUT2D eigenvalue weighted by atomic mass is 10.1. The molecule has 3 aromatic rings. The number of nitrogens with zero attached hydrogens (tertiary/aromatic N) is 4. The van der Waals surface area contributed by atoms with Crippen molar-refractivity contribution in [1.29, 1.82) is 0 Å². The third-order valence-electron chi connectivity index (χ3n) is 4.73. The van der Waals surface area contributed by atoms with Crippen molar-refractivity contribution in [1.82, 2.24) is 18.8 Å². The number of imidazole rings is 1. The van der Waals surface area contributed by atoms with Crippen molar-refractivity contribution in [2.75, 3.05) is 20.2 Å². The summed E-state index contributed by atoms with van der Waals surface area (Å²) >= 11 is 7.00. The van der Waals surface area contributed by atoms with E-state index < -0.39 is 10.0 Å². The lowest BCUT2D eigenvalue weighted by Crippen LogP contribution is -2.39. The lowest BCUT2D eigenvalue weighted by Gasteiger charge is -2.32.